The van der Waals surface area contributed by atoms with Gasteiger partial charge in [-0.2, -0.15) is 5.01 Å². The number of nitro benzene ring substituents is 1. The number of rotatable bonds is 14. The Balaban J connectivity index is 1.48. The van der Waals surface area contributed by atoms with Crippen LogP contribution in [0.2, 0.25) is 0 Å². The van der Waals surface area contributed by atoms with E-state index < -0.39 is 47.8 Å². The first-order valence-corrected chi connectivity index (χ1v) is 14.7. The molecule has 17 heteroatoms. The Morgan fingerprint density at radius 1 is 0.930 bits per heavy atom. The highest BCUT2D eigenvalue weighted by Crippen LogP contribution is 2.40. The van der Waals surface area contributed by atoms with Crippen molar-refractivity contribution in [2.75, 3.05) is 48.8 Å². The summed E-state index contributed by atoms with van der Waals surface area (Å²) >= 11 is 17.5. The van der Waals surface area contributed by atoms with Crippen LogP contribution in [0.3, 0.4) is 0 Å². The first-order chi connectivity index (χ1) is 20.8. The van der Waals surface area contributed by atoms with Crippen molar-refractivity contribution in [3.05, 3.63) is 74.7 Å². The van der Waals surface area contributed by atoms with E-state index in [2.05, 4.69) is 10.6 Å². The summed E-state index contributed by atoms with van der Waals surface area (Å²) in [4.78, 5) is 48.7. The molecule has 2 fully saturated rings. The van der Waals surface area contributed by atoms with E-state index >= 15 is 0 Å². The molecule has 2 amide bonds. The monoisotopic (exact) mass is 659 g/mol. The van der Waals surface area contributed by atoms with Gasteiger partial charge in [-0.05, 0) is 24.3 Å². The van der Waals surface area contributed by atoms with Crippen LogP contribution in [0.5, 0.6) is 0 Å². The fraction of sp³-hybridized carbons (Fsp3) is 0.462. The van der Waals surface area contributed by atoms with Crippen molar-refractivity contribution >= 4 is 58.2 Å². The predicted molar refractivity (Wildman–Crippen MR) is 156 cm³/mol. The minimum absolute atomic E-state index is 0.0249. The van der Waals surface area contributed by atoms with Crippen LogP contribution in [0.25, 0.3) is 0 Å². The number of anilines is 1. The number of non-ortho nitro benzene ring substituents is 1. The maximum atomic E-state index is 12.6. The molecular weight excluding hydrogens is 633 g/mol. The van der Waals surface area contributed by atoms with Gasteiger partial charge in [-0.1, -0.05) is 12.1 Å². The number of carbonyl (C=O) groups is 2. The Morgan fingerprint density at radius 3 is 2.14 bits per heavy atom. The Kier molecular flexibility index (Phi) is 11.7. The Bertz CT molecular complexity index is 1270. The summed E-state index contributed by atoms with van der Waals surface area (Å²) in [6.07, 6.45) is -4.44. The SMILES string of the molecule is O=NN(CCCl)C(=O)NC1O[C@H](COC(=O)c2ccc([N+](=O)[O-])cc2)C2OC(c3ccc(N(CCCl)CCCl)cc3)OC12. The quantitative estimate of drug-likeness (QED) is 0.102. The van der Waals surface area contributed by atoms with Crippen molar-refractivity contribution in [1.82, 2.24) is 10.3 Å². The van der Waals surface area contributed by atoms with E-state index in [-0.39, 0.29) is 30.3 Å². The molecule has 0 saturated carbocycles. The standard InChI is InChI=1S/C26H28Cl3N5O9/c27-9-12-32(13-10-28)18-5-3-17(4-6-18)25-42-21-20(15-40-24(35)16-1-7-19(8-2-16)34(38)39)41-23(22(21)43-25)30-26(36)33(31-37)14-11-29/h1-8,20-23,25H,9-15H2,(H,30,36)/t20-,21?,22?,23?,25?/m1/s1. The third kappa shape index (κ3) is 8.02. The van der Waals surface area contributed by atoms with Gasteiger partial charge in [0.05, 0.1) is 22.3 Å². The van der Waals surface area contributed by atoms with E-state index in [9.17, 15) is 24.6 Å². The maximum absolute atomic E-state index is 12.6. The molecule has 2 aliphatic heterocycles. The van der Waals surface area contributed by atoms with Gasteiger partial charge >= 0.3 is 12.0 Å². The van der Waals surface area contributed by atoms with E-state index in [4.69, 9.17) is 53.8 Å². The molecule has 2 aliphatic rings. The number of esters is 1. The van der Waals surface area contributed by atoms with E-state index in [1.54, 1.807) is 0 Å². The number of benzene rings is 2. The fourth-order valence-corrected chi connectivity index (χ4v) is 5.17. The second kappa shape index (κ2) is 15.5. The van der Waals surface area contributed by atoms with Crippen molar-refractivity contribution in [3.8, 4) is 0 Å². The van der Waals surface area contributed by atoms with Gasteiger partial charge in [0.25, 0.3) is 5.69 Å². The van der Waals surface area contributed by atoms with E-state index in [1.807, 2.05) is 29.2 Å². The van der Waals surface area contributed by atoms with Crippen molar-refractivity contribution in [2.24, 2.45) is 5.29 Å². The van der Waals surface area contributed by atoms with Gasteiger partial charge in [0.2, 0.25) is 0 Å². The molecule has 2 aromatic carbocycles. The minimum Gasteiger partial charge on any atom is -0.459 e. The molecule has 0 radical (unpaired) electrons. The highest BCUT2D eigenvalue weighted by Gasteiger charge is 2.54. The number of nitrogens with one attached hydrogen (secondary N) is 1. The zero-order chi connectivity index (χ0) is 30.9. The van der Waals surface area contributed by atoms with Crippen molar-refractivity contribution in [2.45, 2.75) is 30.8 Å². The number of nitrogens with zero attached hydrogens (tertiary/aromatic N) is 4. The van der Waals surface area contributed by atoms with Crippen LogP contribution in [0.1, 0.15) is 22.2 Å². The molecule has 4 unspecified atom stereocenters. The van der Waals surface area contributed by atoms with Crippen LogP contribution in [-0.2, 0) is 18.9 Å². The van der Waals surface area contributed by atoms with Gasteiger partial charge in [0.1, 0.15) is 24.9 Å². The molecule has 2 aromatic rings. The van der Waals surface area contributed by atoms with Gasteiger partial charge in [0, 0.05) is 54.1 Å². The second-order valence-electron chi connectivity index (χ2n) is 9.33. The highest BCUT2D eigenvalue weighted by atomic mass is 35.5. The lowest BCUT2D eigenvalue weighted by molar-refractivity contribution is -0.384. The number of nitro groups is 1. The summed E-state index contributed by atoms with van der Waals surface area (Å²) in [5, 5.41) is 16.7. The summed E-state index contributed by atoms with van der Waals surface area (Å²) in [6, 6.07) is 11.5. The van der Waals surface area contributed by atoms with Crippen LogP contribution in [0.4, 0.5) is 16.2 Å². The maximum Gasteiger partial charge on any atom is 0.342 e. The van der Waals surface area contributed by atoms with Crippen molar-refractivity contribution in [1.29, 1.82) is 0 Å². The number of hydrogen-bond acceptors (Lipinski definition) is 11. The van der Waals surface area contributed by atoms with Crippen LogP contribution in [-0.4, -0.2) is 90.4 Å². The molecule has 232 valence electrons. The third-order valence-electron chi connectivity index (χ3n) is 6.70. The molecular formula is C26H28Cl3N5O9. The van der Waals surface area contributed by atoms with Crippen LogP contribution in [0.15, 0.2) is 53.8 Å². The average Bonchev–Trinajstić information content (AvgIpc) is 3.59. The Hall–Kier alpha value is -3.27. The van der Waals surface area contributed by atoms with E-state index in [0.29, 0.717) is 35.4 Å². The van der Waals surface area contributed by atoms with Gasteiger partial charge in [-0.3, -0.25) is 10.1 Å². The van der Waals surface area contributed by atoms with Gasteiger partial charge in [-0.25, -0.2) is 9.59 Å². The largest absolute Gasteiger partial charge is 0.459 e. The molecule has 14 nitrogen and oxygen atoms in total. The Morgan fingerprint density at radius 2 is 1.56 bits per heavy atom. The topological polar surface area (TPSA) is 162 Å². The number of carbonyl (C=O) groups excluding carboxylic acids is 2. The van der Waals surface area contributed by atoms with Crippen molar-refractivity contribution < 1.29 is 33.5 Å². The molecule has 0 bridgehead atoms. The smallest absolute Gasteiger partial charge is 0.342 e. The number of alkyl halides is 3. The fourth-order valence-electron chi connectivity index (χ4n) is 4.60. The van der Waals surface area contributed by atoms with Gasteiger partial charge in [0.15, 0.2) is 12.5 Å². The first kappa shape index (κ1) is 32.6. The van der Waals surface area contributed by atoms with E-state index in [1.165, 1.54) is 24.3 Å². The van der Waals surface area contributed by atoms with Crippen LogP contribution < -0.4 is 10.2 Å². The van der Waals surface area contributed by atoms with Crippen molar-refractivity contribution in [3.63, 3.8) is 0 Å². The van der Waals surface area contributed by atoms with E-state index in [0.717, 1.165) is 5.69 Å². The molecule has 2 heterocycles. The number of hydrogen-bond donors (Lipinski definition) is 1. The molecule has 5 atom stereocenters. The number of halogens is 3. The zero-order valence-corrected chi connectivity index (χ0v) is 24.8. The number of nitroso groups, excluding NO2 is 1. The summed E-state index contributed by atoms with van der Waals surface area (Å²) in [6.45, 7) is 0.805. The summed E-state index contributed by atoms with van der Waals surface area (Å²) < 4.78 is 23.6. The summed E-state index contributed by atoms with van der Waals surface area (Å²) in [7, 11) is 0. The predicted octanol–water partition coefficient (Wildman–Crippen LogP) is 4.18. The lowest BCUT2D eigenvalue weighted by Crippen LogP contribution is -2.48. The summed E-state index contributed by atoms with van der Waals surface area (Å²) in [5.41, 5.74) is 1.51. The number of fused-ring (bicyclic) bond motifs is 1. The van der Waals surface area contributed by atoms with Crippen LogP contribution in [0, 0.1) is 15.0 Å². The molecule has 1 N–H and O–H groups in total. The number of urea groups is 1. The Labute approximate surface area is 261 Å². The first-order valence-electron chi connectivity index (χ1n) is 13.1. The third-order valence-corrected chi connectivity index (χ3v) is 7.21. The number of ether oxygens (including phenoxy) is 4. The molecule has 2 saturated heterocycles. The van der Waals surface area contributed by atoms with Gasteiger partial charge in [-0.15, -0.1) is 39.7 Å². The lowest BCUT2D eigenvalue weighted by Gasteiger charge is -2.24. The molecule has 0 spiro atoms. The van der Waals surface area contributed by atoms with Gasteiger partial charge < -0.3 is 29.2 Å². The number of amides is 2. The molecule has 43 heavy (non-hydrogen) atoms. The molecule has 0 aromatic heterocycles. The second-order valence-corrected chi connectivity index (χ2v) is 10.5. The lowest BCUT2D eigenvalue weighted by atomic mass is 10.1. The highest BCUT2D eigenvalue weighted by molar-refractivity contribution is 6.18. The minimum atomic E-state index is -1.09. The van der Waals surface area contributed by atoms with Crippen LogP contribution >= 0.6 is 34.8 Å². The zero-order valence-electron chi connectivity index (χ0n) is 22.6. The average molecular weight is 661 g/mol. The summed E-state index contributed by atoms with van der Waals surface area (Å²) in [5.74, 6) is 0.0953. The normalized spacial score (nSPS) is 22.4. The molecule has 0 aliphatic carbocycles. The molecule has 4 rings (SSSR count).